The summed E-state index contributed by atoms with van der Waals surface area (Å²) in [6.45, 7) is 4.85. The molecule has 0 bridgehead atoms. The predicted molar refractivity (Wildman–Crippen MR) is 110 cm³/mol. The predicted octanol–water partition coefficient (Wildman–Crippen LogP) is 3.49. The van der Waals surface area contributed by atoms with E-state index in [9.17, 15) is 9.59 Å². The first-order valence-corrected chi connectivity index (χ1v) is 10.2. The maximum atomic E-state index is 13.0. The van der Waals surface area contributed by atoms with Gasteiger partial charge in [0.2, 0.25) is 5.78 Å². The summed E-state index contributed by atoms with van der Waals surface area (Å²) in [5.74, 6) is 1.17. The van der Waals surface area contributed by atoms with Crippen molar-refractivity contribution < 1.29 is 9.53 Å². The van der Waals surface area contributed by atoms with Crippen LogP contribution < -0.4 is 5.56 Å². The van der Waals surface area contributed by atoms with Crippen LogP contribution in [0.15, 0.2) is 41.2 Å². The van der Waals surface area contributed by atoms with Crippen LogP contribution in [-0.2, 0) is 22.7 Å². The highest BCUT2D eigenvalue weighted by Gasteiger charge is 2.22. The summed E-state index contributed by atoms with van der Waals surface area (Å²) in [5, 5.41) is 9.13. The molecule has 0 radical (unpaired) electrons. The molecule has 0 amide bonds. The number of allylic oxidation sites excluding steroid dienone is 2. The minimum atomic E-state index is -0.205. The third-order valence-electron chi connectivity index (χ3n) is 5.45. The monoisotopic (exact) mass is 394 g/mol. The summed E-state index contributed by atoms with van der Waals surface area (Å²) in [6.07, 6.45) is 7.42. The number of ether oxygens (including phenoxy) is 1. The number of para-hydroxylation sites is 1. The SMILES string of the molecule is CC(C)CCn1c(=O)c2ccccc2n2c(COC(=O)[C@@H]3CC=CCC3)nnc12. The average Bonchev–Trinajstić information content (AvgIpc) is 3.16. The molecule has 0 saturated carbocycles. The van der Waals surface area contributed by atoms with E-state index in [1.807, 2.05) is 34.7 Å². The molecule has 0 saturated heterocycles. The zero-order chi connectivity index (χ0) is 20.4. The van der Waals surface area contributed by atoms with Gasteiger partial charge in [0.05, 0.1) is 16.8 Å². The third-order valence-corrected chi connectivity index (χ3v) is 5.45. The minimum absolute atomic E-state index is 0.0343. The van der Waals surface area contributed by atoms with Crippen LogP contribution in [-0.4, -0.2) is 25.1 Å². The molecular weight excluding hydrogens is 368 g/mol. The molecule has 1 atom stereocenters. The number of carbonyl (C=O) groups excluding carboxylic acids is 1. The van der Waals surface area contributed by atoms with E-state index in [-0.39, 0.29) is 24.1 Å². The fraction of sp³-hybridized carbons (Fsp3) is 0.455. The smallest absolute Gasteiger partial charge is 0.309 e. The van der Waals surface area contributed by atoms with Crippen molar-refractivity contribution in [3.8, 4) is 0 Å². The van der Waals surface area contributed by atoms with E-state index in [1.165, 1.54) is 0 Å². The van der Waals surface area contributed by atoms with Crippen LogP contribution in [0.25, 0.3) is 16.7 Å². The third kappa shape index (κ3) is 3.81. The van der Waals surface area contributed by atoms with Gasteiger partial charge in [-0.15, -0.1) is 10.2 Å². The van der Waals surface area contributed by atoms with E-state index in [1.54, 1.807) is 4.57 Å². The maximum Gasteiger partial charge on any atom is 0.309 e. The number of fused-ring (bicyclic) bond motifs is 3. The Morgan fingerprint density at radius 2 is 2.07 bits per heavy atom. The highest BCUT2D eigenvalue weighted by atomic mass is 16.5. The summed E-state index contributed by atoms with van der Waals surface area (Å²) < 4.78 is 9.08. The summed E-state index contributed by atoms with van der Waals surface area (Å²) >= 11 is 0. The largest absolute Gasteiger partial charge is 0.457 e. The van der Waals surface area contributed by atoms with Crippen molar-refractivity contribution >= 4 is 22.6 Å². The highest BCUT2D eigenvalue weighted by Crippen LogP contribution is 2.21. The second kappa shape index (κ2) is 8.19. The average molecular weight is 394 g/mol. The number of hydrogen-bond donors (Lipinski definition) is 0. The molecule has 4 rings (SSSR count). The normalized spacial score (nSPS) is 16.7. The van der Waals surface area contributed by atoms with Crippen molar-refractivity contribution in [3.63, 3.8) is 0 Å². The first-order chi connectivity index (χ1) is 14.1. The molecule has 1 aliphatic carbocycles. The molecule has 0 N–H and O–H groups in total. The molecule has 29 heavy (non-hydrogen) atoms. The Labute approximate surface area is 169 Å². The molecular formula is C22H26N4O3. The lowest BCUT2D eigenvalue weighted by Gasteiger charge is -2.16. The van der Waals surface area contributed by atoms with Crippen molar-refractivity contribution in [2.24, 2.45) is 11.8 Å². The topological polar surface area (TPSA) is 78.5 Å². The number of rotatable bonds is 6. The van der Waals surface area contributed by atoms with E-state index in [4.69, 9.17) is 4.74 Å². The highest BCUT2D eigenvalue weighted by molar-refractivity contribution is 5.80. The van der Waals surface area contributed by atoms with E-state index < -0.39 is 0 Å². The zero-order valence-electron chi connectivity index (χ0n) is 16.9. The standard InChI is InChI=1S/C22H26N4O3/c1-15(2)12-13-25-20(27)17-10-6-7-11-18(17)26-19(23-24-22(25)26)14-29-21(28)16-8-4-3-5-9-16/h3-4,6-7,10-11,15-16H,5,8-9,12-14H2,1-2H3/t16-/m1/s1. The van der Waals surface area contributed by atoms with E-state index in [2.05, 4.69) is 30.1 Å². The van der Waals surface area contributed by atoms with Gasteiger partial charge in [-0.2, -0.15) is 0 Å². The molecule has 3 aromatic rings. The van der Waals surface area contributed by atoms with Crippen LogP contribution in [0, 0.1) is 11.8 Å². The van der Waals surface area contributed by atoms with Gasteiger partial charge in [0.25, 0.3) is 5.56 Å². The van der Waals surface area contributed by atoms with Crippen LogP contribution in [0.4, 0.5) is 0 Å². The van der Waals surface area contributed by atoms with E-state index >= 15 is 0 Å². The number of carbonyl (C=O) groups is 1. The van der Waals surface area contributed by atoms with Crippen molar-refractivity contribution in [1.29, 1.82) is 0 Å². The number of hydrogen-bond acceptors (Lipinski definition) is 5. The molecule has 2 aromatic heterocycles. The Kier molecular flexibility index (Phi) is 5.47. The van der Waals surface area contributed by atoms with E-state index in [0.717, 1.165) is 31.2 Å². The maximum absolute atomic E-state index is 13.0. The Balaban J connectivity index is 1.71. The minimum Gasteiger partial charge on any atom is -0.457 e. The molecule has 1 aliphatic rings. The van der Waals surface area contributed by atoms with Gasteiger partial charge < -0.3 is 4.74 Å². The molecule has 2 heterocycles. The van der Waals surface area contributed by atoms with E-state index in [0.29, 0.717) is 29.5 Å². The number of esters is 1. The number of nitrogens with zero attached hydrogens (tertiary/aromatic N) is 4. The second-order valence-corrected chi connectivity index (χ2v) is 8.00. The molecule has 0 unspecified atom stereocenters. The lowest BCUT2D eigenvalue weighted by molar-refractivity contribution is -0.150. The van der Waals surface area contributed by atoms with Gasteiger partial charge in [-0.3, -0.25) is 18.6 Å². The fourth-order valence-corrected chi connectivity index (χ4v) is 3.76. The fourth-order valence-electron chi connectivity index (χ4n) is 3.76. The van der Waals surface area contributed by atoms with Gasteiger partial charge in [0.1, 0.15) is 0 Å². The Hall–Kier alpha value is -2.96. The van der Waals surface area contributed by atoms with Gasteiger partial charge in [-0.05, 0) is 43.7 Å². The molecule has 7 nitrogen and oxygen atoms in total. The molecule has 7 heteroatoms. The second-order valence-electron chi connectivity index (χ2n) is 8.00. The van der Waals surface area contributed by atoms with Crippen LogP contribution in [0.2, 0.25) is 0 Å². The Morgan fingerprint density at radius 1 is 1.24 bits per heavy atom. The summed E-state index contributed by atoms with van der Waals surface area (Å²) in [4.78, 5) is 25.4. The molecule has 152 valence electrons. The first-order valence-electron chi connectivity index (χ1n) is 10.2. The first kappa shape index (κ1) is 19.4. The van der Waals surface area contributed by atoms with Crippen LogP contribution >= 0.6 is 0 Å². The molecule has 1 aromatic carbocycles. The zero-order valence-corrected chi connectivity index (χ0v) is 16.9. The quantitative estimate of drug-likeness (QED) is 0.472. The van der Waals surface area contributed by atoms with Crippen molar-refractivity contribution in [3.05, 3.63) is 52.6 Å². The van der Waals surface area contributed by atoms with Gasteiger partial charge in [0.15, 0.2) is 12.4 Å². The van der Waals surface area contributed by atoms with Gasteiger partial charge in [-0.25, -0.2) is 0 Å². The Morgan fingerprint density at radius 3 is 2.83 bits per heavy atom. The van der Waals surface area contributed by atoms with Gasteiger partial charge in [0, 0.05) is 6.54 Å². The lowest BCUT2D eigenvalue weighted by Crippen LogP contribution is -2.24. The molecule has 0 aliphatic heterocycles. The van der Waals surface area contributed by atoms with Crippen molar-refractivity contribution in [2.75, 3.05) is 0 Å². The number of benzene rings is 1. The van der Waals surface area contributed by atoms with Gasteiger partial charge in [-0.1, -0.05) is 38.1 Å². The van der Waals surface area contributed by atoms with Crippen molar-refractivity contribution in [2.45, 2.75) is 52.7 Å². The van der Waals surface area contributed by atoms with Crippen molar-refractivity contribution in [1.82, 2.24) is 19.2 Å². The van der Waals surface area contributed by atoms with Crippen LogP contribution in [0.3, 0.4) is 0 Å². The lowest BCUT2D eigenvalue weighted by atomic mass is 9.95. The van der Waals surface area contributed by atoms with Crippen LogP contribution in [0.1, 0.15) is 45.4 Å². The summed E-state index contributed by atoms with van der Waals surface area (Å²) in [5.41, 5.74) is 0.656. The summed E-state index contributed by atoms with van der Waals surface area (Å²) in [7, 11) is 0. The number of aryl methyl sites for hydroxylation is 1. The van der Waals surface area contributed by atoms with Crippen LogP contribution in [0.5, 0.6) is 0 Å². The van der Waals surface area contributed by atoms with Gasteiger partial charge >= 0.3 is 5.97 Å². The summed E-state index contributed by atoms with van der Waals surface area (Å²) in [6, 6.07) is 7.41. The molecule has 0 spiro atoms. The Bertz CT molecular complexity index is 1130. The molecule has 0 fully saturated rings. The number of aromatic nitrogens is 4.